The molecule has 1 aromatic heterocycles. The monoisotopic (exact) mass is 682 g/mol. The van der Waals surface area contributed by atoms with Crippen LogP contribution in [0.2, 0.25) is 0 Å². The predicted octanol–water partition coefficient (Wildman–Crippen LogP) is 5.37. The average molecular weight is 683 g/mol. The van der Waals surface area contributed by atoms with Crippen LogP contribution in [0.5, 0.6) is 0 Å². The highest BCUT2D eigenvalue weighted by molar-refractivity contribution is 7.90. The van der Waals surface area contributed by atoms with Crippen molar-refractivity contribution in [2.45, 2.75) is 71.4 Å². The van der Waals surface area contributed by atoms with Gasteiger partial charge >= 0.3 is 12.1 Å². The van der Waals surface area contributed by atoms with E-state index >= 15 is 0 Å². The number of hydrazine groups is 1. The number of aromatic nitrogens is 2. The zero-order valence-electron chi connectivity index (χ0n) is 26.8. The fourth-order valence-corrected chi connectivity index (χ4v) is 5.27. The third-order valence-electron chi connectivity index (χ3n) is 7.12. The molecule has 0 saturated heterocycles. The summed E-state index contributed by atoms with van der Waals surface area (Å²) in [5.41, 5.74) is 0.491. The van der Waals surface area contributed by atoms with Crippen molar-refractivity contribution in [1.82, 2.24) is 19.5 Å². The Hall–Kier alpha value is -4.67. The van der Waals surface area contributed by atoms with Crippen molar-refractivity contribution in [3.05, 3.63) is 71.1 Å². The molecule has 3 aromatic rings. The molecule has 1 unspecified atom stereocenters. The summed E-state index contributed by atoms with van der Waals surface area (Å²) in [5.74, 6) is -2.64. The summed E-state index contributed by atoms with van der Waals surface area (Å²) in [5, 5.41) is 20.5. The molecule has 0 aliphatic heterocycles. The largest absolute Gasteiger partial charge is 0.569 e. The molecule has 13 nitrogen and oxygen atoms in total. The number of rotatable bonds is 13. The number of ether oxygens (including phenoxy) is 1. The first-order valence-electron chi connectivity index (χ1n) is 14.5. The van der Waals surface area contributed by atoms with Gasteiger partial charge in [-0.2, -0.15) is 18.3 Å². The lowest BCUT2D eigenvalue weighted by molar-refractivity contribution is -0.713. The molecule has 1 heterocycles. The molecule has 0 aliphatic rings. The fourth-order valence-electron chi connectivity index (χ4n) is 4.28. The molecule has 1 amide bonds. The van der Waals surface area contributed by atoms with Crippen LogP contribution in [0.1, 0.15) is 52.3 Å². The van der Waals surface area contributed by atoms with Crippen LogP contribution in [-0.2, 0) is 35.4 Å². The van der Waals surface area contributed by atoms with E-state index in [2.05, 4.69) is 10.4 Å². The van der Waals surface area contributed by atoms with Crippen molar-refractivity contribution in [1.29, 1.82) is 0 Å². The van der Waals surface area contributed by atoms with Crippen molar-refractivity contribution < 1.29 is 45.7 Å². The van der Waals surface area contributed by atoms with E-state index < -0.39 is 57.9 Å². The van der Waals surface area contributed by atoms with Gasteiger partial charge < -0.3 is 9.94 Å². The lowest BCUT2D eigenvalue weighted by atomic mass is 9.98. The van der Waals surface area contributed by atoms with Crippen LogP contribution in [0.15, 0.2) is 64.8 Å². The summed E-state index contributed by atoms with van der Waals surface area (Å²) in [4.78, 5) is 29.5. The molecule has 256 valence electrons. The van der Waals surface area contributed by atoms with E-state index in [1.165, 1.54) is 26.1 Å². The Morgan fingerprint density at radius 1 is 1.09 bits per heavy atom. The van der Waals surface area contributed by atoms with E-state index in [9.17, 15) is 36.4 Å². The number of nitrogens with one attached hydrogen (secondary N) is 1. The number of carbonyl (C=O) groups excluding carboxylic acids is 2. The number of alkyl halides is 3. The maximum atomic E-state index is 13.6. The zero-order valence-corrected chi connectivity index (χ0v) is 27.7. The first-order chi connectivity index (χ1) is 21.8. The number of benzene rings is 2. The molecule has 0 saturated carbocycles. The highest BCUT2D eigenvalue weighted by Gasteiger charge is 2.37. The molecule has 47 heavy (non-hydrogen) atoms. The van der Waals surface area contributed by atoms with Crippen LogP contribution in [0.4, 0.5) is 13.2 Å². The van der Waals surface area contributed by atoms with E-state index in [0.29, 0.717) is 12.0 Å². The molecule has 3 rings (SSSR count). The lowest BCUT2D eigenvalue weighted by Gasteiger charge is -2.27. The van der Waals surface area contributed by atoms with Crippen molar-refractivity contribution in [3.8, 4) is 16.9 Å². The van der Waals surface area contributed by atoms with Crippen molar-refractivity contribution >= 4 is 21.9 Å². The number of hydrogen-bond donors (Lipinski definition) is 1. The third kappa shape index (κ3) is 9.21. The molecule has 17 heteroatoms. The highest BCUT2D eigenvalue weighted by Crippen LogP contribution is 2.33. The van der Waals surface area contributed by atoms with Gasteiger partial charge in [-0.3, -0.25) is 14.4 Å². The number of esters is 1. The summed E-state index contributed by atoms with van der Waals surface area (Å²) in [6.07, 6.45) is -5.58. The molecule has 0 fully saturated rings. The topological polar surface area (TPSA) is 158 Å². The maximum Gasteiger partial charge on any atom is 0.435 e. The normalized spacial score (nSPS) is 14.3. The molecule has 0 spiro atoms. The van der Waals surface area contributed by atoms with Gasteiger partial charge in [-0.15, -0.1) is 5.01 Å². The molecule has 0 bridgehead atoms. The van der Waals surface area contributed by atoms with Crippen LogP contribution in [0, 0.1) is 24.0 Å². The van der Waals surface area contributed by atoms with E-state index in [0.717, 1.165) is 33.5 Å². The van der Waals surface area contributed by atoms with Crippen LogP contribution in [0.25, 0.3) is 16.9 Å². The number of aryl methyl sites for hydroxylation is 1. The number of carbonyl (C=O) groups is 2. The molecule has 0 radical (unpaired) electrons. The number of hydrogen-bond acceptors (Lipinski definition) is 9. The van der Waals surface area contributed by atoms with Gasteiger partial charge in [0, 0.05) is 12.5 Å². The SMILES string of the molecule is CC[C@@H](C)[C@@H](C(=O)NS(=O)(=O)c1ccc(-n2nc(C(F)(F)F)cc2-c2ccc(C)cc2)cc1)N(C)/[N+]([O-])=N/OC(C)OC(=O)C(C)C. The van der Waals surface area contributed by atoms with Crippen LogP contribution in [0.3, 0.4) is 0 Å². The molecular weight excluding hydrogens is 645 g/mol. The van der Waals surface area contributed by atoms with E-state index in [1.807, 2.05) is 11.6 Å². The van der Waals surface area contributed by atoms with Gasteiger partial charge in [0.2, 0.25) is 5.28 Å². The van der Waals surface area contributed by atoms with Gasteiger partial charge in [0.25, 0.3) is 22.2 Å². The highest BCUT2D eigenvalue weighted by atomic mass is 32.2. The second-order valence-electron chi connectivity index (χ2n) is 11.2. The third-order valence-corrected chi connectivity index (χ3v) is 8.48. The van der Waals surface area contributed by atoms with E-state index in [-0.39, 0.29) is 21.2 Å². The molecule has 0 aliphatic carbocycles. The zero-order chi connectivity index (χ0) is 35.3. The molecule has 2 aromatic carbocycles. The van der Waals surface area contributed by atoms with E-state index in [1.54, 1.807) is 52.0 Å². The first-order valence-corrected chi connectivity index (χ1v) is 16.0. The fraction of sp³-hybridized carbons (Fsp3) is 0.433. The molecular formula is C30H37F3N6O7S. The van der Waals surface area contributed by atoms with Gasteiger partial charge in [-0.05, 0) is 43.2 Å². The average Bonchev–Trinajstić information content (AvgIpc) is 3.46. The minimum Gasteiger partial charge on any atom is -0.569 e. The number of amides is 1. The minimum absolute atomic E-state index is 0.0670. The number of sulfonamides is 1. The van der Waals surface area contributed by atoms with Gasteiger partial charge in [0.1, 0.15) is 0 Å². The van der Waals surface area contributed by atoms with E-state index in [4.69, 9.17) is 9.57 Å². The Balaban J connectivity index is 1.85. The Morgan fingerprint density at radius 2 is 1.68 bits per heavy atom. The van der Waals surface area contributed by atoms with Gasteiger partial charge in [0.05, 0.1) is 34.2 Å². The van der Waals surface area contributed by atoms with Gasteiger partial charge in [0.15, 0.2) is 11.7 Å². The molecule has 1 N–H and O–H groups in total. The number of likely N-dealkylation sites (N-methyl/N-ethyl adjacent to an activating group) is 1. The second-order valence-corrected chi connectivity index (χ2v) is 12.8. The Bertz CT molecular complexity index is 1690. The van der Waals surface area contributed by atoms with Crippen molar-refractivity contribution in [2.75, 3.05) is 7.05 Å². The Labute approximate surface area is 270 Å². The summed E-state index contributed by atoms with van der Waals surface area (Å²) < 4.78 is 75.1. The summed E-state index contributed by atoms with van der Waals surface area (Å²) in [7, 11) is -3.31. The van der Waals surface area contributed by atoms with Crippen molar-refractivity contribution in [3.63, 3.8) is 0 Å². The summed E-state index contributed by atoms with van der Waals surface area (Å²) >= 11 is 0. The Morgan fingerprint density at radius 3 is 2.21 bits per heavy atom. The first kappa shape index (κ1) is 36.8. The number of nitrogens with zero attached hydrogens (tertiary/aromatic N) is 5. The lowest BCUT2D eigenvalue weighted by Crippen LogP contribution is -2.52. The quantitative estimate of drug-likeness (QED) is 0.0822. The predicted molar refractivity (Wildman–Crippen MR) is 163 cm³/mol. The second kappa shape index (κ2) is 14.8. The van der Waals surface area contributed by atoms with Crippen molar-refractivity contribution in [2.24, 2.45) is 17.1 Å². The van der Waals surface area contributed by atoms with Crippen LogP contribution in [-0.4, -0.2) is 59.4 Å². The molecule has 3 atom stereocenters. The Kier molecular flexibility index (Phi) is 11.6. The van der Waals surface area contributed by atoms with Crippen LogP contribution >= 0.6 is 0 Å². The van der Waals surface area contributed by atoms with Crippen LogP contribution < -0.4 is 4.72 Å². The smallest absolute Gasteiger partial charge is 0.435 e. The van der Waals surface area contributed by atoms with Gasteiger partial charge in [-0.1, -0.05) is 63.9 Å². The standard InChI is InChI=1S/C30H37F3N6O7S/c1-8-20(5)27(37(7)39(42)36-46-21(6)45-29(41)18(2)3)28(40)35-47(43,44)24-15-13-23(14-16-24)38-25(17-26(34-38)30(31,32)33)22-11-9-19(4)10-12-22/h9-18,20-21,27H,8H2,1-7H3,(H,35,40)/b39-36-/t20-,21?,27+/m1/s1. The number of halogens is 3. The van der Waals surface area contributed by atoms with Gasteiger partial charge in [-0.25, -0.2) is 17.8 Å². The minimum atomic E-state index is -4.73. The summed E-state index contributed by atoms with van der Waals surface area (Å²) in [6.45, 7) is 9.72. The summed E-state index contributed by atoms with van der Waals surface area (Å²) in [6, 6.07) is 11.1. The maximum absolute atomic E-state index is 13.6.